The van der Waals surface area contributed by atoms with E-state index in [2.05, 4.69) is 10.3 Å². The Morgan fingerprint density at radius 3 is 2.56 bits per heavy atom. The molecule has 1 aliphatic carbocycles. The second-order valence-corrected chi connectivity index (χ2v) is 10.7. The van der Waals surface area contributed by atoms with Crippen molar-refractivity contribution in [1.82, 2.24) is 24.0 Å². The van der Waals surface area contributed by atoms with Crippen molar-refractivity contribution in [2.24, 2.45) is 13.0 Å². The molecule has 10 heteroatoms. The third-order valence-corrected chi connectivity index (χ3v) is 8.00. The number of aromatic nitrogens is 4. The molecule has 1 N–H and O–H groups in total. The van der Waals surface area contributed by atoms with Crippen LogP contribution in [0.5, 0.6) is 0 Å². The topological polar surface area (TPSA) is 104 Å². The minimum atomic E-state index is -0.442. The number of carbonyl (C=O) groups excluding carboxylic acids is 1. The second kappa shape index (κ2) is 9.89. The highest BCUT2D eigenvalue weighted by molar-refractivity contribution is 6.30. The van der Waals surface area contributed by atoms with E-state index in [4.69, 9.17) is 16.0 Å². The van der Waals surface area contributed by atoms with Crippen molar-refractivity contribution in [2.45, 2.75) is 45.2 Å². The molecule has 0 unspecified atom stereocenters. The molecule has 2 aromatic carbocycles. The molecule has 1 amide bonds. The molecule has 0 radical (unpaired) electrons. The molecule has 9 nitrogen and oxygen atoms in total. The van der Waals surface area contributed by atoms with Crippen LogP contribution in [0.2, 0.25) is 5.02 Å². The summed E-state index contributed by atoms with van der Waals surface area (Å²) >= 11 is 6.04. The zero-order valence-corrected chi connectivity index (χ0v) is 22.4. The van der Waals surface area contributed by atoms with Crippen LogP contribution in [0.1, 0.15) is 41.7 Å². The minimum absolute atomic E-state index is 0.0681. The van der Waals surface area contributed by atoms with Gasteiger partial charge in [-0.05, 0) is 74.9 Å². The molecule has 0 aliphatic heterocycles. The lowest BCUT2D eigenvalue weighted by molar-refractivity contribution is 0.0919. The Bertz CT molecular complexity index is 1840. The van der Waals surface area contributed by atoms with Crippen molar-refractivity contribution in [3.05, 3.63) is 92.0 Å². The van der Waals surface area contributed by atoms with Gasteiger partial charge in [0, 0.05) is 25.8 Å². The van der Waals surface area contributed by atoms with Gasteiger partial charge in [0.05, 0.1) is 38.5 Å². The van der Waals surface area contributed by atoms with Crippen LogP contribution in [-0.2, 0) is 13.6 Å². The average molecular weight is 546 g/mol. The van der Waals surface area contributed by atoms with Crippen LogP contribution >= 0.6 is 11.6 Å². The van der Waals surface area contributed by atoms with Gasteiger partial charge in [-0.25, -0.2) is 9.59 Å². The number of nitrogens with zero attached hydrogens (tertiary/aromatic N) is 4. The van der Waals surface area contributed by atoms with Crippen molar-refractivity contribution < 1.29 is 9.21 Å². The molecular formula is C29H28ClN5O4. The lowest BCUT2D eigenvalue weighted by atomic mass is 9.85. The molecule has 6 rings (SSSR count). The number of para-hydroxylation sites is 2. The Hall–Kier alpha value is -4.11. The largest absolute Gasteiger partial charge is 0.419 e. The number of oxazole rings is 1. The van der Waals surface area contributed by atoms with Crippen LogP contribution in [0.15, 0.2) is 68.7 Å². The molecular weight excluding hydrogens is 518 g/mol. The summed E-state index contributed by atoms with van der Waals surface area (Å²) in [6.45, 7) is 2.39. The summed E-state index contributed by atoms with van der Waals surface area (Å²) in [7, 11) is 1.65. The number of hydrogen-bond acceptors (Lipinski definition) is 5. The van der Waals surface area contributed by atoms with Crippen LogP contribution in [-0.4, -0.2) is 30.6 Å². The van der Waals surface area contributed by atoms with Crippen molar-refractivity contribution in [1.29, 1.82) is 0 Å². The SMILES string of the molecule is Cc1ncc(Cl)cc1C(=O)N[C@H]1CC[C@H](Cn2c(=O)n(-c3ccc4oc(=O)n(C)c4c3)c3ccccc32)CC1. The maximum absolute atomic E-state index is 13.8. The zero-order chi connectivity index (χ0) is 27.3. The fraction of sp³-hybridized carbons (Fsp3) is 0.310. The number of pyridine rings is 1. The number of amides is 1. The zero-order valence-electron chi connectivity index (χ0n) is 21.7. The first kappa shape index (κ1) is 25.2. The van der Waals surface area contributed by atoms with Gasteiger partial charge in [0.1, 0.15) is 0 Å². The standard InChI is InChI=1S/C29H28ClN5O4/c1-17-22(13-19(30)15-31-17)27(36)32-20-9-7-18(8-10-20)16-34-23-5-3-4-6-24(23)35(28(34)37)21-11-12-26-25(14-21)33(2)29(38)39-26/h3-6,11-15,18,20H,7-10,16H2,1-2H3,(H,32,36)/t18-,20-. The van der Waals surface area contributed by atoms with Crippen LogP contribution in [0.4, 0.5) is 0 Å². The van der Waals surface area contributed by atoms with Crippen LogP contribution < -0.4 is 16.8 Å². The maximum Gasteiger partial charge on any atom is 0.419 e. The quantitative estimate of drug-likeness (QED) is 0.348. The Labute approximate surface area is 228 Å². The number of imidazole rings is 1. The number of fused-ring (bicyclic) bond motifs is 2. The van der Waals surface area contributed by atoms with Crippen molar-refractivity contribution in [2.75, 3.05) is 0 Å². The molecule has 0 bridgehead atoms. The van der Waals surface area contributed by atoms with Crippen molar-refractivity contribution in [3.63, 3.8) is 0 Å². The van der Waals surface area contributed by atoms with Gasteiger partial charge >= 0.3 is 11.4 Å². The van der Waals surface area contributed by atoms with Gasteiger partial charge in [0.25, 0.3) is 5.91 Å². The highest BCUT2D eigenvalue weighted by Gasteiger charge is 2.26. The van der Waals surface area contributed by atoms with Gasteiger partial charge in [-0.15, -0.1) is 0 Å². The molecule has 1 aliphatic rings. The van der Waals surface area contributed by atoms with Crippen LogP contribution in [0, 0.1) is 12.8 Å². The van der Waals surface area contributed by atoms with Gasteiger partial charge in [-0.3, -0.25) is 23.5 Å². The number of halogens is 1. The van der Waals surface area contributed by atoms with E-state index in [9.17, 15) is 14.4 Å². The highest BCUT2D eigenvalue weighted by Crippen LogP contribution is 2.28. The van der Waals surface area contributed by atoms with E-state index in [1.165, 1.54) is 10.8 Å². The normalized spacial score (nSPS) is 17.6. The molecule has 1 saturated carbocycles. The highest BCUT2D eigenvalue weighted by atomic mass is 35.5. The maximum atomic E-state index is 13.8. The Morgan fingerprint density at radius 1 is 1.05 bits per heavy atom. The van der Waals surface area contributed by atoms with Crippen LogP contribution in [0.3, 0.4) is 0 Å². The number of benzene rings is 2. The summed E-state index contributed by atoms with van der Waals surface area (Å²) in [5.41, 5.74) is 4.48. The Morgan fingerprint density at radius 2 is 1.79 bits per heavy atom. The molecule has 3 heterocycles. The lowest BCUT2D eigenvalue weighted by Gasteiger charge is -2.29. The first-order chi connectivity index (χ1) is 18.8. The summed E-state index contributed by atoms with van der Waals surface area (Å²) in [6.07, 6.45) is 5.00. The molecule has 1 fully saturated rings. The Balaban J connectivity index is 1.22. The average Bonchev–Trinajstić information content (AvgIpc) is 3.38. The van der Waals surface area contributed by atoms with Gasteiger partial charge in [0.15, 0.2) is 5.58 Å². The van der Waals surface area contributed by atoms with E-state index < -0.39 is 5.76 Å². The molecule has 200 valence electrons. The summed E-state index contributed by atoms with van der Waals surface area (Å²) in [5.74, 6) is -0.290. The van der Waals surface area contributed by atoms with E-state index in [1.54, 1.807) is 36.7 Å². The summed E-state index contributed by atoms with van der Waals surface area (Å²) in [4.78, 5) is 42.7. The third-order valence-electron chi connectivity index (χ3n) is 7.79. The fourth-order valence-electron chi connectivity index (χ4n) is 5.64. The summed E-state index contributed by atoms with van der Waals surface area (Å²) in [5, 5.41) is 3.57. The number of aryl methyl sites for hydroxylation is 2. The smallest absolute Gasteiger partial charge is 0.408 e. The fourth-order valence-corrected chi connectivity index (χ4v) is 5.79. The van der Waals surface area contributed by atoms with E-state index in [1.807, 2.05) is 34.9 Å². The summed E-state index contributed by atoms with van der Waals surface area (Å²) < 4.78 is 10.2. The number of hydrogen-bond donors (Lipinski definition) is 1. The number of rotatable bonds is 5. The van der Waals surface area contributed by atoms with Gasteiger partial charge in [-0.1, -0.05) is 23.7 Å². The molecule has 0 saturated heterocycles. The molecule has 3 aromatic heterocycles. The van der Waals surface area contributed by atoms with E-state index in [0.29, 0.717) is 45.5 Å². The van der Waals surface area contributed by atoms with Crippen molar-refractivity contribution >= 4 is 39.6 Å². The van der Waals surface area contributed by atoms with E-state index in [-0.39, 0.29) is 17.6 Å². The lowest BCUT2D eigenvalue weighted by Crippen LogP contribution is -2.39. The predicted molar refractivity (Wildman–Crippen MR) is 150 cm³/mol. The predicted octanol–water partition coefficient (Wildman–Crippen LogP) is 4.58. The molecule has 0 atom stereocenters. The second-order valence-electron chi connectivity index (χ2n) is 10.3. The van der Waals surface area contributed by atoms with Crippen molar-refractivity contribution in [3.8, 4) is 5.69 Å². The third kappa shape index (κ3) is 4.57. The van der Waals surface area contributed by atoms with Gasteiger partial charge < -0.3 is 9.73 Å². The molecule has 5 aromatic rings. The first-order valence-corrected chi connectivity index (χ1v) is 13.4. The monoisotopic (exact) mass is 545 g/mol. The first-order valence-electron chi connectivity index (χ1n) is 13.0. The summed E-state index contributed by atoms with van der Waals surface area (Å²) in [6, 6.07) is 14.8. The van der Waals surface area contributed by atoms with E-state index in [0.717, 1.165) is 36.7 Å². The number of nitrogens with one attached hydrogen (secondary N) is 1. The number of carbonyl (C=O) groups is 1. The van der Waals surface area contributed by atoms with Gasteiger partial charge in [-0.2, -0.15) is 0 Å². The van der Waals surface area contributed by atoms with E-state index >= 15 is 0 Å². The molecule has 39 heavy (non-hydrogen) atoms. The molecule has 0 spiro atoms. The van der Waals surface area contributed by atoms with Crippen LogP contribution in [0.25, 0.3) is 27.8 Å². The minimum Gasteiger partial charge on any atom is -0.408 e. The Kier molecular flexibility index (Phi) is 6.38. The van der Waals surface area contributed by atoms with Gasteiger partial charge in [0.2, 0.25) is 0 Å².